The summed E-state index contributed by atoms with van der Waals surface area (Å²) >= 11 is 2.79. The number of aryl methyl sites for hydroxylation is 1. The van der Waals surface area contributed by atoms with Crippen LogP contribution < -0.4 is 5.32 Å². The molecule has 1 atom stereocenters. The van der Waals surface area contributed by atoms with Crippen molar-refractivity contribution in [1.82, 2.24) is 15.2 Å². The number of rotatable bonds is 5. The van der Waals surface area contributed by atoms with Crippen LogP contribution in [0.4, 0.5) is 10.8 Å². The molecule has 0 aliphatic carbocycles. The Morgan fingerprint density at radius 2 is 2.04 bits per heavy atom. The first-order chi connectivity index (χ1) is 12.6. The lowest BCUT2D eigenvalue weighted by molar-refractivity contribution is 0.0283. The molecular weight excluding hydrogens is 372 g/mol. The maximum atomic E-state index is 12.3. The topological polar surface area (TPSA) is 90.1 Å². The van der Waals surface area contributed by atoms with Crippen LogP contribution in [0.25, 0.3) is 9.53 Å². The normalized spacial score (nSPS) is 12.2. The van der Waals surface area contributed by atoms with Crippen LogP contribution in [0.1, 0.15) is 34.5 Å². The maximum absolute atomic E-state index is 12.3. The van der Waals surface area contributed by atoms with E-state index >= 15 is 0 Å². The summed E-state index contributed by atoms with van der Waals surface area (Å²) in [6.45, 7) is 3.38. The summed E-state index contributed by atoms with van der Waals surface area (Å²) in [5, 5.41) is 11.6. The summed E-state index contributed by atoms with van der Waals surface area (Å²) in [4.78, 5) is 18.2. The van der Waals surface area contributed by atoms with Gasteiger partial charge in [-0.05, 0) is 25.1 Å². The smallest absolute Gasteiger partial charge is 0.349 e. The van der Waals surface area contributed by atoms with Crippen molar-refractivity contribution in [1.29, 1.82) is 0 Å². The maximum Gasteiger partial charge on any atom is 0.349 e. The molecule has 0 aliphatic heterocycles. The second-order valence-electron chi connectivity index (χ2n) is 5.50. The largest absolute Gasteiger partial charge is 0.448 e. The first kappa shape index (κ1) is 16.7. The zero-order valence-corrected chi connectivity index (χ0v) is 15.6. The van der Waals surface area contributed by atoms with Gasteiger partial charge in [0.25, 0.3) is 5.89 Å². The molecule has 0 radical (unpaired) electrons. The number of para-hydroxylation sites is 1. The van der Waals surface area contributed by atoms with Crippen LogP contribution in [-0.2, 0) is 4.74 Å². The molecule has 9 heteroatoms. The molecule has 132 valence electrons. The van der Waals surface area contributed by atoms with E-state index in [-0.39, 0.29) is 5.89 Å². The van der Waals surface area contributed by atoms with Crippen molar-refractivity contribution in [3.63, 3.8) is 0 Å². The standard InChI is InChI=1S/C17H14N4O3S2/c1-9(14-21-20-10(2)24-14)23-16(22)13-8-12-15(25-13)19-17(26-12)18-11-6-4-3-5-7-11/h3-9H,1-2H3,(H,18,19). The number of hydrogen-bond acceptors (Lipinski definition) is 9. The van der Waals surface area contributed by atoms with Crippen molar-refractivity contribution < 1.29 is 13.9 Å². The molecule has 4 rings (SSSR count). The fourth-order valence-corrected chi connectivity index (χ4v) is 4.30. The molecule has 1 unspecified atom stereocenters. The van der Waals surface area contributed by atoms with Gasteiger partial charge in [-0.3, -0.25) is 0 Å². The first-order valence-electron chi connectivity index (χ1n) is 7.82. The van der Waals surface area contributed by atoms with Crippen molar-refractivity contribution in [2.45, 2.75) is 20.0 Å². The van der Waals surface area contributed by atoms with Crippen molar-refractivity contribution in [3.8, 4) is 0 Å². The number of aromatic nitrogens is 3. The van der Waals surface area contributed by atoms with Crippen LogP contribution in [0.3, 0.4) is 0 Å². The zero-order valence-electron chi connectivity index (χ0n) is 13.9. The van der Waals surface area contributed by atoms with Gasteiger partial charge < -0.3 is 14.5 Å². The van der Waals surface area contributed by atoms with Gasteiger partial charge in [0.15, 0.2) is 11.2 Å². The fourth-order valence-electron chi connectivity index (χ4n) is 2.28. The van der Waals surface area contributed by atoms with E-state index in [1.54, 1.807) is 19.9 Å². The third-order valence-corrected chi connectivity index (χ3v) is 5.54. The molecule has 0 spiro atoms. The summed E-state index contributed by atoms with van der Waals surface area (Å²) in [5.74, 6) is 0.282. The number of nitrogens with zero attached hydrogens (tertiary/aromatic N) is 3. The Kier molecular flexibility index (Phi) is 4.39. The van der Waals surface area contributed by atoms with Crippen molar-refractivity contribution in [2.75, 3.05) is 5.32 Å². The van der Waals surface area contributed by atoms with Gasteiger partial charge >= 0.3 is 5.97 Å². The molecule has 1 aromatic carbocycles. The molecule has 0 bridgehead atoms. The molecule has 0 saturated carbocycles. The zero-order chi connectivity index (χ0) is 18.1. The number of thiophene rings is 1. The van der Waals surface area contributed by atoms with E-state index in [1.165, 1.54) is 22.7 Å². The second kappa shape index (κ2) is 6.85. The van der Waals surface area contributed by atoms with Gasteiger partial charge in [-0.1, -0.05) is 29.5 Å². The molecule has 7 nitrogen and oxygen atoms in total. The highest BCUT2D eigenvalue weighted by Gasteiger charge is 2.21. The average molecular weight is 386 g/mol. The quantitative estimate of drug-likeness (QED) is 0.497. The average Bonchev–Trinajstić information content (AvgIpc) is 3.30. The van der Waals surface area contributed by atoms with Crippen LogP contribution >= 0.6 is 22.7 Å². The van der Waals surface area contributed by atoms with E-state index in [2.05, 4.69) is 20.5 Å². The minimum atomic E-state index is -0.605. The Labute approximate surface area is 156 Å². The van der Waals surface area contributed by atoms with E-state index < -0.39 is 12.1 Å². The number of anilines is 2. The Hall–Kier alpha value is -2.78. The molecule has 1 N–H and O–H groups in total. The molecule has 4 aromatic rings. The predicted octanol–water partition coefficient (Wildman–Crippen LogP) is 4.71. The number of benzene rings is 1. The number of nitrogens with one attached hydrogen (secondary N) is 1. The van der Waals surface area contributed by atoms with Gasteiger partial charge in [0.1, 0.15) is 9.71 Å². The number of thiazole rings is 1. The Bertz CT molecular complexity index is 1020. The summed E-state index contributed by atoms with van der Waals surface area (Å²) in [6.07, 6.45) is -0.605. The highest BCUT2D eigenvalue weighted by atomic mass is 32.1. The first-order valence-corrected chi connectivity index (χ1v) is 9.45. The molecule has 0 amide bonds. The highest BCUT2D eigenvalue weighted by molar-refractivity contribution is 7.29. The summed E-state index contributed by atoms with van der Waals surface area (Å²) in [6, 6.07) is 11.6. The van der Waals surface area contributed by atoms with E-state index in [0.717, 1.165) is 20.3 Å². The van der Waals surface area contributed by atoms with E-state index in [9.17, 15) is 4.79 Å². The van der Waals surface area contributed by atoms with Gasteiger partial charge in [0, 0.05) is 12.6 Å². The molecular formula is C17H14N4O3S2. The lowest BCUT2D eigenvalue weighted by Gasteiger charge is -2.07. The third-order valence-electron chi connectivity index (χ3n) is 3.49. The van der Waals surface area contributed by atoms with Gasteiger partial charge in [0.05, 0.1) is 4.70 Å². The summed E-state index contributed by atoms with van der Waals surface area (Å²) < 4.78 is 11.6. The van der Waals surface area contributed by atoms with Gasteiger partial charge in [-0.15, -0.1) is 21.5 Å². The number of carbonyl (C=O) groups excluding carboxylic acids is 1. The monoisotopic (exact) mass is 386 g/mol. The molecule has 3 heterocycles. The third kappa shape index (κ3) is 3.44. The number of esters is 1. The predicted molar refractivity (Wildman–Crippen MR) is 100 cm³/mol. The van der Waals surface area contributed by atoms with Crippen molar-refractivity contribution in [2.24, 2.45) is 0 Å². The van der Waals surface area contributed by atoms with E-state index in [0.29, 0.717) is 10.8 Å². The lowest BCUT2D eigenvalue weighted by Crippen LogP contribution is -2.08. The van der Waals surface area contributed by atoms with Crippen LogP contribution in [0.5, 0.6) is 0 Å². The lowest BCUT2D eigenvalue weighted by atomic mass is 10.3. The highest BCUT2D eigenvalue weighted by Crippen LogP contribution is 2.35. The van der Waals surface area contributed by atoms with Gasteiger partial charge in [-0.2, -0.15) is 0 Å². The molecule has 0 fully saturated rings. The van der Waals surface area contributed by atoms with Crippen LogP contribution in [0.2, 0.25) is 0 Å². The van der Waals surface area contributed by atoms with Crippen LogP contribution in [-0.4, -0.2) is 21.2 Å². The minimum Gasteiger partial charge on any atom is -0.448 e. The summed E-state index contributed by atoms with van der Waals surface area (Å²) in [7, 11) is 0. The van der Waals surface area contributed by atoms with Gasteiger partial charge in [-0.25, -0.2) is 9.78 Å². The van der Waals surface area contributed by atoms with E-state index in [1.807, 2.05) is 30.3 Å². The molecule has 26 heavy (non-hydrogen) atoms. The Morgan fingerprint density at radius 3 is 2.73 bits per heavy atom. The summed E-state index contributed by atoms with van der Waals surface area (Å²) in [5.41, 5.74) is 0.970. The number of hydrogen-bond donors (Lipinski definition) is 1. The van der Waals surface area contributed by atoms with Crippen molar-refractivity contribution in [3.05, 3.63) is 53.1 Å². The number of fused-ring (bicyclic) bond motifs is 1. The number of carbonyl (C=O) groups is 1. The second-order valence-corrected chi connectivity index (χ2v) is 7.56. The van der Waals surface area contributed by atoms with Gasteiger partial charge in [0.2, 0.25) is 5.89 Å². The minimum absolute atomic E-state index is 0.279. The fraction of sp³-hybridized carbons (Fsp3) is 0.176. The Morgan fingerprint density at radius 1 is 1.23 bits per heavy atom. The number of ether oxygens (including phenoxy) is 1. The van der Waals surface area contributed by atoms with Crippen LogP contribution in [0, 0.1) is 6.92 Å². The Balaban J connectivity index is 1.47. The van der Waals surface area contributed by atoms with E-state index in [4.69, 9.17) is 9.15 Å². The van der Waals surface area contributed by atoms with Crippen molar-refractivity contribution >= 4 is 49.0 Å². The molecule has 0 saturated heterocycles. The molecule has 3 aromatic heterocycles. The molecule has 0 aliphatic rings. The van der Waals surface area contributed by atoms with Crippen LogP contribution in [0.15, 0.2) is 40.8 Å². The SMILES string of the molecule is Cc1nnc(C(C)OC(=O)c2cc3sc(Nc4ccccc4)nc3s2)o1.